The molecule has 0 saturated heterocycles. The van der Waals surface area contributed by atoms with Crippen LogP contribution in [0.4, 0.5) is 0 Å². The van der Waals surface area contributed by atoms with Gasteiger partial charge in [-0.15, -0.1) is 0 Å². The normalized spacial score (nSPS) is 12.0. The minimum absolute atomic E-state index is 0.361. The second-order valence-electron chi connectivity index (χ2n) is 4.92. The van der Waals surface area contributed by atoms with Crippen LogP contribution in [0, 0.1) is 0 Å². The molecular formula is C18H19ClN2O3. The van der Waals surface area contributed by atoms with E-state index in [4.69, 9.17) is 21.1 Å². The zero-order valence-corrected chi connectivity index (χ0v) is 14.3. The van der Waals surface area contributed by atoms with E-state index in [0.717, 1.165) is 5.56 Å². The van der Waals surface area contributed by atoms with E-state index >= 15 is 0 Å². The van der Waals surface area contributed by atoms with Crippen LogP contribution >= 0.6 is 11.6 Å². The predicted molar refractivity (Wildman–Crippen MR) is 94.9 cm³/mol. The first-order valence-corrected chi connectivity index (χ1v) is 7.95. The molecule has 0 fully saturated rings. The fourth-order valence-electron chi connectivity index (χ4n) is 1.93. The van der Waals surface area contributed by atoms with Crippen molar-refractivity contribution >= 4 is 23.7 Å². The third-order valence-electron chi connectivity index (χ3n) is 3.08. The van der Waals surface area contributed by atoms with Crippen molar-refractivity contribution in [1.29, 1.82) is 0 Å². The average Bonchev–Trinajstić information content (AvgIpc) is 2.56. The number of hydrazone groups is 1. The van der Waals surface area contributed by atoms with Crippen LogP contribution in [0.3, 0.4) is 0 Å². The highest BCUT2D eigenvalue weighted by atomic mass is 35.5. The summed E-state index contributed by atoms with van der Waals surface area (Å²) < 4.78 is 11.0. The van der Waals surface area contributed by atoms with E-state index in [1.54, 1.807) is 31.2 Å². The lowest BCUT2D eigenvalue weighted by Crippen LogP contribution is -2.33. The Labute approximate surface area is 146 Å². The Hall–Kier alpha value is -2.53. The molecule has 0 bridgehead atoms. The van der Waals surface area contributed by atoms with Crippen LogP contribution < -0.4 is 14.9 Å². The molecule has 1 N–H and O–H groups in total. The maximum atomic E-state index is 12.0. The molecule has 0 aliphatic carbocycles. The Morgan fingerprint density at radius 3 is 2.83 bits per heavy atom. The molecule has 24 heavy (non-hydrogen) atoms. The van der Waals surface area contributed by atoms with Crippen LogP contribution in [-0.2, 0) is 4.79 Å². The lowest BCUT2D eigenvalue weighted by Gasteiger charge is -2.13. The maximum Gasteiger partial charge on any atom is 0.280 e. The number of ether oxygens (including phenoxy) is 2. The fraction of sp³-hybridized carbons (Fsp3) is 0.222. The highest BCUT2D eigenvalue weighted by Crippen LogP contribution is 2.18. The first kappa shape index (κ1) is 17.8. The van der Waals surface area contributed by atoms with Gasteiger partial charge in [-0.2, -0.15) is 5.10 Å². The molecule has 6 heteroatoms. The van der Waals surface area contributed by atoms with Crippen LogP contribution in [0.1, 0.15) is 19.4 Å². The maximum absolute atomic E-state index is 12.0. The van der Waals surface area contributed by atoms with Gasteiger partial charge in [0.15, 0.2) is 6.10 Å². The van der Waals surface area contributed by atoms with Crippen molar-refractivity contribution in [1.82, 2.24) is 5.43 Å². The number of amides is 1. The summed E-state index contributed by atoms with van der Waals surface area (Å²) in [7, 11) is 0. The molecule has 1 atom stereocenters. The monoisotopic (exact) mass is 346 g/mol. The van der Waals surface area contributed by atoms with Gasteiger partial charge in [-0.25, -0.2) is 5.43 Å². The van der Waals surface area contributed by atoms with Gasteiger partial charge in [0.25, 0.3) is 5.91 Å². The van der Waals surface area contributed by atoms with Crippen molar-refractivity contribution in [3.8, 4) is 11.5 Å². The number of carbonyl (C=O) groups is 1. The zero-order chi connectivity index (χ0) is 17.4. The van der Waals surface area contributed by atoms with Crippen LogP contribution in [0.15, 0.2) is 53.6 Å². The third kappa shape index (κ3) is 5.28. The van der Waals surface area contributed by atoms with Gasteiger partial charge in [-0.1, -0.05) is 29.8 Å². The summed E-state index contributed by atoms with van der Waals surface area (Å²) in [5, 5.41) is 4.50. The van der Waals surface area contributed by atoms with E-state index in [1.807, 2.05) is 31.2 Å². The van der Waals surface area contributed by atoms with E-state index in [9.17, 15) is 4.79 Å². The van der Waals surface area contributed by atoms with Gasteiger partial charge >= 0.3 is 0 Å². The summed E-state index contributed by atoms with van der Waals surface area (Å²) in [6, 6.07) is 14.3. The van der Waals surface area contributed by atoms with Gasteiger partial charge in [0.2, 0.25) is 0 Å². The largest absolute Gasteiger partial charge is 0.493 e. The van der Waals surface area contributed by atoms with Crippen molar-refractivity contribution in [2.75, 3.05) is 6.61 Å². The Morgan fingerprint density at radius 1 is 1.29 bits per heavy atom. The van der Waals surface area contributed by atoms with Crippen LogP contribution in [-0.4, -0.2) is 24.8 Å². The number of hydrogen-bond donors (Lipinski definition) is 1. The van der Waals surface area contributed by atoms with Gasteiger partial charge in [0.1, 0.15) is 11.5 Å². The molecule has 2 rings (SSSR count). The third-order valence-corrected chi connectivity index (χ3v) is 3.31. The second-order valence-corrected chi connectivity index (χ2v) is 5.36. The Bertz CT molecular complexity index is 719. The minimum Gasteiger partial charge on any atom is -0.493 e. The van der Waals surface area contributed by atoms with Crippen molar-refractivity contribution in [2.45, 2.75) is 20.0 Å². The van der Waals surface area contributed by atoms with Gasteiger partial charge in [0, 0.05) is 10.6 Å². The lowest BCUT2D eigenvalue weighted by molar-refractivity contribution is -0.127. The van der Waals surface area contributed by atoms with Crippen molar-refractivity contribution in [3.63, 3.8) is 0 Å². The highest BCUT2D eigenvalue weighted by Gasteiger charge is 2.14. The van der Waals surface area contributed by atoms with Crippen LogP contribution in [0.25, 0.3) is 0 Å². The molecule has 0 aromatic heterocycles. The first-order chi connectivity index (χ1) is 11.6. The Balaban J connectivity index is 1.92. The summed E-state index contributed by atoms with van der Waals surface area (Å²) in [6.45, 7) is 4.10. The first-order valence-electron chi connectivity index (χ1n) is 7.57. The molecule has 2 aromatic carbocycles. The van der Waals surface area contributed by atoms with E-state index in [0.29, 0.717) is 23.1 Å². The van der Waals surface area contributed by atoms with E-state index in [2.05, 4.69) is 10.5 Å². The number of para-hydroxylation sites is 1. The topological polar surface area (TPSA) is 59.9 Å². The molecule has 0 spiro atoms. The molecule has 5 nitrogen and oxygen atoms in total. The van der Waals surface area contributed by atoms with Gasteiger partial charge in [0.05, 0.1) is 12.8 Å². The molecule has 126 valence electrons. The standard InChI is InChI=1S/C18H19ClN2O3/c1-3-23-17-10-5-4-7-14(17)12-20-21-18(22)13(2)24-16-9-6-8-15(19)11-16/h4-13H,3H2,1-2H3,(H,21,22)/b20-12+. The molecule has 0 aliphatic rings. The van der Waals surface area contributed by atoms with Gasteiger partial charge in [-0.05, 0) is 44.2 Å². The van der Waals surface area contributed by atoms with E-state index in [-0.39, 0.29) is 5.91 Å². The molecular weight excluding hydrogens is 328 g/mol. The molecule has 2 aromatic rings. The average molecular weight is 347 g/mol. The summed E-state index contributed by atoms with van der Waals surface area (Å²) in [6.07, 6.45) is 0.831. The van der Waals surface area contributed by atoms with Gasteiger partial charge in [-0.3, -0.25) is 4.79 Å². The van der Waals surface area contributed by atoms with E-state index in [1.165, 1.54) is 6.21 Å². The number of nitrogens with one attached hydrogen (secondary N) is 1. The zero-order valence-electron chi connectivity index (χ0n) is 13.5. The smallest absolute Gasteiger partial charge is 0.280 e. The van der Waals surface area contributed by atoms with Crippen molar-refractivity contribution in [3.05, 3.63) is 59.1 Å². The lowest BCUT2D eigenvalue weighted by atomic mass is 10.2. The van der Waals surface area contributed by atoms with Crippen molar-refractivity contribution < 1.29 is 14.3 Å². The van der Waals surface area contributed by atoms with Crippen LogP contribution in [0.5, 0.6) is 11.5 Å². The second kappa shape index (κ2) is 8.93. The molecule has 0 radical (unpaired) electrons. The minimum atomic E-state index is -0.706. The Kier molecular flexibility index (Phi) is 6.63. The number of nitrogens with zero attached hydrogens (tertiary/aromatic N) is 1. The number of rotatable bonds is 7. The molecule has 0 heterocycles. The van der Waals surface area contributed by atoms with Crippen LogP contribution in [0.2, 0.25) is 5.02 Å². The van der Waals surface area contributed by atoms with E-state index < -0.39 is 6.10 Å². The SMILES string of the molecule is CCOc1ccccc1/C=N/NC(=O)C(C)Oc1cccc(Cl)c1. The number of hydrogen-bond acceptors (Lipinski definition) is 4. The molecule has 0 aliphatic heterocycles. The molecule has 0 saturated carbocycles. The molecule has 1 unspecified atom stereocenters. The fourth-order valence-corrected chi connectivity index (χ4v) is 2.11. The highest BCUT2D eigenvalue weighted by molar-refractivity contribution is 6.30. The summed E-state index contributed by atoms with van der Waals surface area (Å²) in [4.78, 5) is 12.0. The summed E-state index contributed by atoms with van der Waals surface area (Å²) in [5.74, 6) is 0.872. The van der Waals surface area contributed by atoms with Crippen molar-refractivity contribution in [2.24, 2.45) is 5.10 Å². The number of carbonyl (C=O) groups excluding carboxylic acids is 1. The quantitative estimate of drug-likeness (QED) is 0.615. The van der Waals surface area contributed by atoms with Gasteiger partial charge < -0.3 is 9.47 Å². The summed E-state index contributed by atoms with van der Waals surface area (Å²) >= 11 is 5.88. The number of benzene rings is 2. The summed E-state index contributed by atoms with van der Waals surface area (Å²) in [5.41, 5.74) is 3.23. The molecule has 1 amide bonds. The predicted octanol–water partition coefficient (Wildman–Crippen LogP) is 3.66. The number of halogens is 1. The Morgan fingerprint density at radius 2 is 2.08 bits per heavy atom.